The molecule has 9 nitrogen and oxygen atoms in total. The highest BCUT2D eigenvalue weighted by atomic mass is 32.2. The Bertz CT molecular complexity index is 1250. The normalized spacial score (nSPS) is 11.2. The molecule has 0 radical (unpaired) electrons. The maximum Gasteiger partial charge on any atom is 0.339 e. The van der Waals surface area contributed by atoms with Crippen LogP contribution in [0.15, 0.2) is 77.7 Å². The number of para-hydroxylation sites is 1. The van der Waals surface area contributed by atoms with Crippen molar-refractivity contribution in [3.05, 3.63) is 94.0 Å². The van der Waals surface area contributed by atoms with E-state index in [1.54, 1.807) is 55.5 Å². The largest absolute Gasteiger partial charge is 0.465 e. The number of nitro benzene ring substituents is 1. The Morgan fingerprint density at radius 1 is 0.971 bits per heavy atom. The molecule has 3 aromatic rings. The second-order valence-corrected chi connectivity index (χ2v) is 8.49. The molecule has 2 N–H and O–H groups in total. The van der Waals surface area contributed by atoms with Crippen LogP contribution in [0.2, 0.25) is 0 Å². The molecular formula is C24H21N3O6S. The van der Waals surface area contributed by atoms with Crippen molar-refractivity contribution in [3.8, 4) is 0 Å². The third kappa shape index (κ3) is 6.20. The van der Waals surface area contributed by atoms with Crippen LogP contribution in [0.4, 0.5) is 17.1 Å². The van der Waals surface area contributed by atoms with Crippen molar-refractivity contribution in [1.29, 1.82) is 0 Å². The molecular weight excluding hydrogens is 458 g/mol. The Labute approximate surface area is 199 Å². The van der Waals surface area contributed by atoms with Gasteiger partial charge in [-0.05, 0) is 43.3 Å². The highest BCUT2D eigenvalue weighted by Gasteiger charge is 2.19. The fraction of sp³-hybridized carbons (Fsp3) is 0.125. The van der Waals surface area contributed by atoms with Crippen LogP contribution in [0, 0.1) is 10.1 Å². The lowest BCUT2D eigenvalue weighted by Crippen LogP contribution is -2.23. The van der Waals surface area contributed by atoms with Crippen LogP contribution in [-0.4, -0.2) is 35.1 Å². The average Bonchev–Trinajstić information content (AvgIpc) is 2.84. The van der Waals surface area contributed by atoms with E-state index in [1.807, 2.05) is 0 Å². The number of non-ortho nitro benzene ring substituents is 1. The monoisotopic (exact) mass is 479 g/mol. The topological polar surface area (TPSA) is 128 Å². The van der Waals surface area contributed by atoms with Gasteiger partial charge in [0.1, 0.15) is 0 Å². The Morgan fingerprint density at radius 3 is 2.44 bits per heavy atom. The minimum atomic E-state index is -0.565. The maximum atomic E-state index is 12.7. The van der Waals surface area contributed by atoms with Crippen LogP contribution in [0.5, 0.6) is 0 Å². The molecule has 0 saturated carbocycles. The Balaban J connectivity index is 1.66. The van der Waals surface area contributed by atoms with Gasteiger partial charge in [-0.25, -0.2) is 4.79 Å². The fourth-order valence-corrected chi connectivity index (χ4v) is 3.91. The van der Waals surface area contributed by atoms with Gasteiger partial charge in [-0.15, -0.1) is 11.8 Å². The number of nitrogens with one attached hydrogen (secondary N) is 2. The Kier molecular flexibility index (Phi) is 7.99. The summed E-state index contributed by atoms with van der Waals surface area (Å²) in [6.07, 6.45) is 0. The Morgan fingerprint density at radius 2 is 1.71 bits per heavy atom. The summed E-state index contributed by atoms with van der Waals surface area (Å²) in [5.74, 6) is -1.35. The zero-order valence-electron chi connectivity index (χ0n) is 18.3. The van der Waals surface area contributed by atoms with Gasteiger partial charge in [-0.3, -0.25) is 19.7 Å². The van der Waals surface area contributed by atoms with Gasteiger partial charge in [-0.2, -0.15) is 0 Å². The molecule has 0 spiro atoms. The van der Waals surface area contributed by atoms with Crippen molar-refractivity contribution in [3.63, 3.8) is 0 Å². The number of esters is 1. The van der Waals surface area contributed by atoms with E-state index >= 15 is 0 Å². The van der Waals surface area contributed by atoms with E-state index in [2.05, 4.69) is 10.6 Å². The number of amides is 2. The molecule has 0 saturated heterocycles. The number of carbonyl (C=O) groups excluding carboxylic acids is 3. The smallest absolute Gasteiger partial charge is 0.339 e. The molecule has 174 valence electrons. The van der Waals surface area contributed by atoms with Gasteiger partial charge in [0.25, 0.3) is 11.6 Å². The van der Waals surface area contributed by atoms with Crippen molar-refractivity contribution < 1.29 is 24.0 Å². The predicted molar refractivity (Wildman–Crippen MR) is 129 cm³/mol. The third-order valence-electron chi connectivity index (χ3n) is 4.68. The van der Waals surface area contributed by atoms with Crippen molar-refractivity contribution in [2.75, 3.05) is 17.7 Å². The van der Waals surface area contributed by atoms with Crippen LogP contribution in [-0.2, 0) is 9.53 Å². The molecule has 1 unspecified atom stereocenters. The van der Waals surface area contributed by atoms with E-state index in [0.717, 1.165) is 4.90 Å². The first-order valence-electron chi connectivity index (χ1n) is 10.1. The molecule has 3 aromatic carbocycles. The van der Waals surface area contributed by atoms with Crippen LogP contribution < -0.4 is 10.6 Å². The molecule has 0 aliphatic rings. The fourth-order valence-electron chi connectivity index (χ4n) is 2.98. The number of ether oxygens (including phenoxy) is 1. The molecule has 0 heterocycles. The first kappa shape index (κ1) is 24.5. The van der Waals surface area contributed by atoms with Crippen molar-refractivity contribution >= 4 is 46.6 Å². The standard InChI is InChI=1S/C24H21N3O6S/c1-15(22(28)26-21-12-4-3-11-20(21)24(30)33-2)34-19-10-6-8-17(14-19)25-23(29)16-7-5-9-18(13-16)27(31)32/h3-15H,1-2H3,(H,25,29)(H,26,28). The molecule has 0 aliphatic carbocycles. The quantitative estimate of drug-likeness (QED) is 0.206. The van der Waals surface area contributed by atoms with E-state index in [1.165, 1.54) is 43.1 Å². The molecule has 0 aliphatic heterocycles. The van der Waals surface area contributed by atoms with Crippen molar-refractivity contribution in [1.82, 2.24) is 0 Å². The number of carbonyl (C=O) groups is 3. The van der Waals surface area contributed by atoms with E-state index in [0.29, 0.717) is 11.4 Å². The van der Waals surface area contributed by atoms with Gasteiger partial charge in [0.05, 0.1) is 28.5 Å². The van der Waals surface area contributed by atoms with E-state index in [9.17, 15) is 24.5 Å². The number of thioether (sulfide) groups is 1. The van der Waals surface area contributed by atoms with Crippen LogP contribution in [0.3, 0.4) is 0 Å². The van der Waals surface area contributed by atoms with Crippen LogP contribution in [0.25, 0.3) is 0 Å². The maximum absolute atomic E-state index is 12.7. The molecule has 34 heavy (non-hydrogen) atoms. The minimum absolute atomic E-state index is 0.157. The van der Waals surface area contributed by atoms with E-state index < -0.39 is 22.0 Å². The number of methoxy groups -OCH3 is 1. The number of benzene rings is 3. The van der Waals surface area contributed by atoms with Crippen LogP contribution >= 0.6 is 11.8 Å². The summed E-state index contributed by atoms with van der Waals surface area (Å²) < 4.78 is 4.75. The number of hydrogen-bond donors (Lipinski definition) is 2. The first-order valence-corrected chi connectivity index (χ1v) is 11.0. The third-order valence-corrected chi connectivity index (χ3v) is 5.78. The lowest BCUT2D eigenvalue weighted by Gasteiger charge is -2.14. The van der Waals surface area contributed by atoms with Gasteiger partial charge >= 0.3 is 5.97 Å². The number of nitrogens with zero attached hydrogens (tertiary/aromatic N) is 1. The van der Waals surface area contributed by atoms with Crippen molar-refractivity contribution in [2.45, 2.75) is 17.1 Å². The molecule has 0 fully saturated rings. The van der Waals surface area contributed by atoms with E-state index in [4.69, 9.17) is 4.74 Å². The zero-order chi connectivity index (χ0) is 24.7. The summed E-state index contributed by atoms with van der Waals surface area (Å²) in [5, 5.41) is 15.9. The number of nitro groups is 1. The van der Waals surface area contributed by atoms with Gasteiger partial charge < -0.3 is 15.4 Å². The SMILES string of the molecule is COC(=O)c1ccccc1NC(=O)C(C)Sc1cccc(NC(=O)c2cccc([N+](=O)[O-])c2)c1. The predicted octanol–water partition coefficient (Wildman–Crippen LogP) is 4.75. The molecule has 0 bridgehead atoms. The number of anilines is 2. The lowest BCUT2D eigenvalue weighted by atomic mass is 10.2. The minimum Gasteiger partial charge on any atom is -0.465 e. The zero-order valence-corrected chi connectivity index (χ0v) is 19.1. The molecule has 1 atom stereocenters. The highest BCUT2D eigenvalue weighted by molar-refractivity contribution is 8.00. The molecule has 3 rings (SSSR count). The highest BCUT2D eigenvalue weighted by Crippen LogP contribution is 2.27. The van der Waals surface area contributed by atoms with Gasteiger partial charge in [0.2, 0.25) is 5.91 Å². The lowest BCUT2D eigenvalue weighted by molar-refractivity contribution is -0.384. The van der Waals surface area contributed by atoms with Crippen LogP contribution in [0.1, 0.15) is 27.6 Å². The Hall–Kier alpha value is -4.18. The van der Waals surface area contributed by atoms with Gasteiger partial charge in [0, 0.05) is 28.3 Å². The second kappa shape index (κ2) is 11.1. The van der Waals surface area contributed by atoms with Gasteiger partial charge in [0.15, 0.2) is 0 Å². The summed E-state index contributed by atoms with van der Waals surface area (Å²) in [6.45, 7) is 1.72. The molecule has 10 heteroatoms. The molecule has 0 aromatic heterocycles. The summed E-state index contributed by atoms with van der Waals surface area (Å²) in [6, 6.07) is 18.9. The number of rotatable bonds is 8. The number of hydrogen-bond acceptors (Lipinski definition) is 7. The second-order valence-electron chi connectivity index (χ2n) is 7.08. The summed E-state index contributed by atoms with van der Waals surface area (Å²) >= 11 is 1.27. The van der Waals surface area contributed by atoms with E-state index in [-0.39, 0.29) is 22.7 Å². The first-order chi connectivity index (χ1) is 16.3. The average molecular weight is 480 g/mol. The molecule has 2 amide bonds. The summed E-state index contributed by atoms with van der Waals surface area (Å²) in [4.78, 5) is 48.2. The van der Waals surface area contributed by atoms with Crippen molar-refractivity contribution in [2.24, 2.45) is 0 Å². The summed E-state index contributed by atoms with van der Waals surface area (Å²) in [7, 11) is 1.27. The summed E-state index contributed by atoms with van der Waals surface area (Å²) in [5.41, 5.74) is 1.06. The van der Waals surface area contributed by atoms with Gasteiger partial charge in [-0.1, -0.05) is 24.3 Å².